The lowest BCUT2D eigenvalue weighted by Gasteiger charge is -2.32. The van der Waals surface area contributed by atoms with Gasteiger partial charge in [-0.15, -0.1) is 0 Å². The summed E-state index contributed by atoms with van der Waals surface area (Å²) in [6, 6.07) is 1.36. The Hall–Kier alpha value is -3.30. The number of ether oxygens (including phenoxy) is 3. The van der Waals surface area contributed by atoms with Crippen LogP contribution in [0.25, 0.3) is 0 Å². The largest absolute Gasteiger partial charge is 0.466 e. The standard InChI is InChI=1S/C22H24F3NO6/c1-6-31-22(29)20-16(9-32-12(4)27)26-11(3)18(21(28)30-5)19(20)14-7-13(24)8-15(25)17(14)10(2)23/h7-8,10,19,26H,6,9H2,1-5H3. The number of methoxy groups -OCH3 is 1. The zero-order chi connectivity index (χ0) is 24.2. The zero-order valence-electron chi connectivity index (χ0n) is 18.3. The average molecular weight is 455 g/mol. The van der Waals surface area contributed by atoms with Gasteiger partial charge < -0.3 is 19.5 Å². The van der Waals surface area contributed by atoms with Crippen LogP contribution in [-0.4, -0.2) is 38.2 Å². The Morgan fingerprint density at radius 2 is 1.78 bits per heavy atom. The van der Waals surface area contributed by atoms with E-state index in [1.165, 1.54) is 13.8 Å². The van der Waals surface area contributed by atoms with Gasteiger partial charge in [-0.05, 0) is 32.4 Å². The number of carbonyl (C=O) groups is 3. The Bertz CT molecular complexity index is 1000. The van der Waals surface area contributed by atoms with Crippen LogP contribution < -0.4 is 5.32 Å². The highest BCUT2D eigenvalue weighted by atomic mass is 19.1. The molecule has 10 heteroatoms. The molecule has 2 rings (SSSR count). The van der Waals surface area contributed by atoms with Gasteiger partial charge in [-0.25, -0.2) is 22.8 Å². The molecular formula is C22H24F3NO6. The van der Waals surface area contributed by atoms with Crippen molar-refractivity contribution in [3.05, 3.63) is 57.4 Å². The minimum Gasteiger partial charge on any atom is -0.466 e. The molecule has 2 unspecified atom stereocenters. The van der Waals surface area contributed by atoms with Gasteiger partial charge in [-0.1, -0.05) is 0 Å². The van der Waals surface area contributed by atoms with Crippen LogP contribution in [-0.2, 0) is 28.6 Å². The van der Waals surface area contributed by atoms with E-state index < -0.39 is 53.8 Å². The first kappa shape index (κ1) is 25.0. The summed E-state index contributed by atoms with van der Waals surface area (Å²) in [5.41, 5.74) is -1.06. The number of esters is 3. The number of dihydropyridines is 1. The van der Waals surface area contributed by atoms with E-state index >= 15 is 0 Å². The van der Waals surface area contributed by atoms with Crippen LogP contribution >= 0.6 is 0 Å². The van der Waals surface area contributed by atoms with Gasteiger partial charge in [0.05, 0.1) is 36.5 Å². The number of alkyl halides is 1. The highest BCUT2D eigenvalue weighted by molar-refractivity contribution is 6.00. The highest BCUT2D eigenvalue weighted by Gasteiger charge is 2.41. The quantitative estimate of drug-likeness (QED) is 0.497. The van der Waals surface area contributed by atoms with Crippen LogP contribution in [0.15, 0.2) is 34.7 Å². The molecular weight excluding hydrogens is 431 g/mol. The molecule has 1 aromatic rings. The van der Waals surface area contributed by atoms with Crippen molar-refractivity contribution in [2.75, 3.05) is 20.3 Å². The molecule has 0 aromatic heterocycles. The fourth-order valence-corrected chi connectivity index (χ4v) is 3.59. The van der Waals surface area contributed by atoms with Crippen molar-refractivity contribution in [2.24, 2.45) is 0 Å². The van der Waals surface area contributed by atoms with Crippen molar-refractivity contribution in [3.63, 3.8) is 0 Å². The Labute approximate surface area is 183 Å². The maximum absolute atomic E-state index is 14.6. The molecule has 1 aliphatic heterocycles. The minimum atomic E-state index is -1.90. The summed E-state index contributed by atoms with van der Waals surface area (Å²) in [4.78, 5) is 36.9. The summed E-state index contributed by atoms with van der Waals surface area (Å²) in [5, 5.41) is 2.80. The topological polar surface area (TPSA) is 90.9 Å². The summed E-state index contributed by atoms with van der Waals surface area (Å²) in [7, 11) is 1.09. The third kappa shape index (κ3) is 5.12. The summed E-state index contributed by atoms with van der Waals surface area (Å²) < 4.78 is 58.2. The maximum atomic E-state index is 14.6. The first-order valence-electron chi connectivity index (χ1n) is 9.75. The fraction of sp³-hybridized carbons (Fsp3) is 0.409. The smallest absolute Gasteiger partial charge is 0.336 e. The molecule has 0 saturated heterocycles. The van der Waals surface area contributed by atoms with E-state index in [4.69, 9.17) is 14.2 Å². The van der Waals surface area contributed by atoms with E-state index in [0.717, 1.165) is 27.0 Å². The van der Waals surface area contributed by atoms with Crippen molar-refractivity contribution in [1.82, 2.24) is 5.32 Å². The predicted molar refractivity (Wildman–Crippen MR) is 107 cm³/mol. The van der Waals surface area contributed by atoms with Gasteiger partial charge in [0, 0.05) is 24.3 Å². The first-order valence-corrected chi connectivity index (χ1v) is 9.75. The lowest BCUT2D eigenvalue weighted by molar-refractivity contribution is -0.142. The minimum absolute atomic E-state index is 0.0240. The number of allylic oxidation sites excluding steroid dienone is 1. The third-order valence-electron chi connectivity index (χ3n) is 4.80. The average Bonchev–Trinajstić information content (AvgIpc) is 2.70. The van der Waals surface area contributed by atoms with E-state index in [1.54, 1.807) is 0 Å². The van der Waals surface area contributed by atoms with Crippen LogP contribution in [0.5, 0.6) is 0 Å². The molecule has 1 aromatic carbocycles. The molecule has 0 fully saturated rings. The Balaban J connectivity index is 2.91. The van der Waals surface area contributed by atoms with Crippen molar-refractivity contribution < 1.29 is 41.8 Å². The lowest BCUT2D eigenvalue weighted by Crippen LogP contribution is -2.35. The number of benzene rings is 1. The number of nitrogens with one attached hydrogen (secondary N) is 1. The molecule has 1 aliphatic rings. The predicted octanol–water partition coefficient (Wildman–Crippen LogP) is 3.51. The summed E-state index contributed by atoms with van der Waals surface area (Å²) in [6.45, 7) is 4.71. The summed E-state index contributed by atoms with van der Waals surface area (Å²) in [5.74, 6) is -6.17. The van der Waals surface area contributed by atoms with Gasteiger partial charge in [-0.2, -0.15) is 0 Å². The number of rotatable bonds is 7. The Morgan fingerprint density at radius 1 is 1.12 bits per heavy atom. The van der Waals surface area contributed by atoms with Gasteiger partial charge in [0.2, 0.25) is 0 Å². The monoisotopic (exact) mass is 455 g/mol. The van der Waals surface area contributed by atoms with Gasteiger partial charge in [-0.3, -0.25) is 4.79 Å². The van der Waals surface area contributed by atoms with Crippen molar-refractivity contribution in [3.8, 4) is 0 Å². The normalized spacial score (nSPS) is 16.9. The molecule has 32 heavy (non-hydrogen) atoms. The zero-order valence-corrected chi connectivity index (χ0v) is 18.3. The highest BCUT2D eigenvalue weighted by Crippen LogP contribution is 2.43. The van der Waals surface area contributed by atoms with Crippen molar-refractivity contribution in [2.45, 2.75) is 39.8 Å². The molecule has 174 valence electrons. The fourth-order valence-electron chi connectivity index (χ4n) is 3.59. The van der Waals surface area contributed by atoms with E-state index in [0.29, 0.717) is 6.07 Å². The Morgan fingerprint density at radius 3 is 2.31 bits per heavy atom. The lowest BCUT2D eigenvalue weighted by atomic mass is 9.77. The van der Waals surface area contributed by atoms with Crippen LogP contribution in [0, 0.1) is 11.6 Å². The second-order valence-electron chi connectivity index (χ2n) is 6.99. The van der Waals surface area contributed by atoms with Gasteiger partial charge >= 0.3 is 17.9 Å². The Kier molecular flexibility index (Phi) is 8.07. The summed E-state index contributed by atoms with van der Waals surface area (Å²) in [6.07, 6.45) is -1.90. The summed E-state index contributed by atoms with van der Waals surface area (Å²) >= 11 is 0. The number of carbonyl (C=O) groups excluding carboxylic acids is 3. The molecule has 7 nitrogen and oxygen atoms in total. The van der Waals surface area contributed by atoms with E-state index in [-0.39, 0.29) is 34.7 Å². The number of halogens is 3. The third-order valence-corrected chi connectivity index (χ3v) is 4.80. The second-order valence-corrected chi connectivity index (χ2v) is 6.99. The van der Waals surface area contributed by atoms with E-state index in [2.05, 4.69) is 5.32 Å². The van der Waals surface area contributed by atoms with Crippen LogP contribution in [0.1, 0.15) is 50.9 Å². The van der Waals surface area contributed by atoms with Gasteiger partial charge in [0.15, 0.2) is 0 Å². The molecule has 0 aliphatic carbocycles. The molecule has 2 atom stereocenters. The molecule has 1 heterocycles. The first-order chi connectivity index (χ1) is 15.0. The second kappa shape index (κ2) is 10.3. The van der Waals surface area contributed by atoms with Crippen LogP contribution in [0.2, 0.25) is 0 Å². The number of hydrogen-bond donors (Lipinski definition) is 1. The van der Waals surface area contributed by atoms with E-state index in [9.17, 15) is 27.6 Å². The van der Waals surface area contributed by atoms with Gasteiger partial charge in [0.1, 0.15) is 24.4 Å². The van der Waals surface area contributed by atoms with Crippen molar-refractivity contribution in [1.29, 1.82) is 0 Å². The number of hydrogen-bond acceptors (Lipinski definition) is 7. The molecule has 0 bridgehead atoms. The molecule has 0 amide bonds. The maximum Gasteiger partial charge on any atom is 0.336 e. The van der Waals surface area contributed by atoms with E-state index in [1.807, 2.05) is 0 Å². The van der Waals surface area contributed by atoms with Crippen LogP contribution in [0.3, 0.4) is 0 Å². The van der Waals surface area contributed by atoms with Crippen LogP contribution in [0.4, 0.5) is 13.2 Å². The molecule has 0 radical (unpaired) electrons. The molecule has 0 saturated carbocycles. The SMILES string of the molecule is CCOC(=O)C1=C(COC(C)=O)NC(C)=C(C(=O)OC)C1c1cc(F)cc(F)c1C(C)F. The molecule has 1 N–H and O–H groups in total. The molecule has 0 spiro atoms. The van der Waals surface area contributed by atoms with Gasteiger partial charge in [0.25, 0.3) is 0 Å². The van der Waals surface area contributed by atoms with Crippen molar-refractivity contribution >= 4 is 17.9 Å².